The van der Waals surface area contributed by atoms with E-state index in [1.807, 2.05) is 30.3 Å². The number of aromatic hydroxyl groups is 1. The number of aromatic nitrogens is 2. The molecule has 2 aromatic heterocycles. The van der Waals surface area contributed by atoms with Crippen molar-refractivity contribution in [2.45, 2.75) is 6.92 Å². The number of hydrogen-bond acceptors (Lipinski definition) is 6. The molecule has 112 valence electrons. The van der Waals surface area contributed by atoms with Gasteiger partial charge in [-0.2, -0.15) is 0 Å². The van der Waals surface area contributed by atoms with Gasteiger partial charge in [-0.15, -0.1) is 11.3 Å². The molecule has 0 radical (unpaired) electrons. The maximum absolute atomic E-state index is 11.8. The summed E-state index contributed by atoms with van der Waals surface area (Å²) in [5.74, 6) is -0.924. The maximum atomic E-state index is 11.8. The van der Waals surface area contributed by atoms with Crippen LogP contribution in [0, 0.1) is 0 Å². The Hall–Kier alpha value is -1.99. The van der Waals surface area contributed by atoms with Crippen LogP contribution >= 0.6 is 27.3 Å². The first-order valence-electron chi connectivity index (χ1n) is 6.53. The van der Waals surface area contributed by atoms with Crippen LogP contribution in [0.3, 0.4) is 0 Å². The quantitative estimate of drug-likeness (QED) is 0.550. The highest BCUT2D eigenvalue weighted by atomic mass is 79.9. The van der Waals surface area contributed by atoms with Gasteiger partial charge in [0.05, 0.1) is 11.3 Å². The molecule has 0 aliphatic carbocycles. The lowest BCUT2D eigenvalue weighted by Crippen LogP contribution is -2.07. The first-order valence-corrected chi connectivity index (χ1v) is 8.14. The first-order chi connectivity index (χ1) is 10.6. The molecule has 3 aromatic rings. The Bertz CT molecular complexity index is 849. The fraction of sp³-hybridized carbons (Fsp3) is 0.133. The van der Waals surface area contributed by atoms with Crippen LogP contribution in [-0.2, 0) is 4.74 Å². The summed E-state index contributed by atoms with van der Waals surface area (Å²) in [4.78, 5) is 20.4. The van der Waals surface area contributed by atoms with Crippen molar-refractivity contribution in [3.63, 3.8) is 0 Å². The molecule has 3 rings (SSSR count). The summed E-state index contributed by atoms with van der Waals surface area (Å²) in [5.41, 5.74) is 1.15. The zero-order chi connectivity index (χ0) is 15.7. The number of thiazole rings is 1. The Morgan fingerprint density at radius 3 is 2.73 bits per heavy atom. The Kier molecular flexibility index (Phi) is 4.08. The maximum Gasteiger partial charge on any atom is 0.360 e. The van der Waals surface area contributed by atoms with E-state index in [0.29, 0.717) is 14.8 Å². The minimum absolute atomic E-state index is 0.133. The molecule has 0 aliphatic rings. The third-order valence-corrected chi connectivity index (χ3v) is 4.91. The van der Waals surface area contributed by atoms with Gasteiger partial charge in [0.15, 0.2) is 11.4 Å². The highest BCUT2D eigenvalue weighted by Gasteiger charge is 2.22. The number of pyridine rings is 1. The molecule has 0 bridgehead atoms. The van der Waals surface area contributed by atoms with E-state index in [9.17, 15) is 9.90 Å². The fourth-order valence-electron chi connectivity index (χ4n) is 1.98. The SMILES string of the molecule is CCOC(=O)c1nc(Br)c2sc(-c3ccccc3)nc2c1O. The van der Waals surface area contributed by atoms with Crippen molar-refractivity contribution in [1.29, 1.82) is 0 Å². The zero-order valence-corrected chi connectivity index (χ0v) is 13.9. The van der Waals surface area contributed by atoms with E-state index in [2.05, 4.69) is 25.9 Å². The van der Waals surface area contributed by atoms with E-state index in [0.717, 1.165) is 10.6 Å². The van der Waals surface area contributed by atoms with Crippen LogP contribution in [0.4, 0.5) is 0 Å². The number of nitrogens with zero attached hydrogens (tertiary/aromatic N) is 2. The van der Waals surface area contributed by atoms with Gasteiger partial charge in [-0.3, -0.25) is 0 Å². The molecule has 0 atom stereocenters. The van der Waals surface area contributed by atoms with E-state index in [-0.39, 0.29) is 18.1 Å². The van der Waals surface area contributed by atoms with Gasteiger partial charge in [0.2, 0.25) is 0 Å². The average molecular weight is 379 g/mol. The highest BCUT2D eigenvalue weighted by molar-refractivity contribution is 9.10. The summed E-state index contributed by atoms with van der Waals surface area (Å²) < 4.78 is 6.04. The summed E-state index contributed by atoms with van der Waals surface area (Å²) >= 11 is 4.72. The van der Waals surface area contributed by atoms with Gasteiger partial charge in [-0.25, -0.2) is 14.8 Å². The van der Waals surface area contributed by atoms with Crippen LogP contribution in [0.2, 0.25) is 0 Å². The average Bonchev–Trinajstić information content (AvgIpc) is 2.98. The predicted molar refractivity (Wildman–Crippen MR) is 88.2 cm³/mol. The Morgan fingerprint density at radius 1 is 1.32 bits per heavy atom. The Labute approximate surface area is 138 Å². The van der Waals surface area contributed by atoms with Gasteiger partial charge in [0.1, 0.15) is 15.1 Å². The van der Waals surface area contributed by atoms with Gasteiger partial charge in [0.25, 0.3) is 0 Å². The second-order valence-electron chi connectivity index (χ2n) is 4.38. The van der Waals surface area contributed by atoms with Crippen LogP contribution in [0.5, 0.6) is 5.75 Å². The number of hydrogen-bond donors (Lipinski definition) is 1. The van der Waals surface area contributed by atoms with Crippen LogP contribution in [0.15, 0.2) is 34.9 Å². The van der Waals surface area contributed by atoms with E-state index < -0.39 is 5.97 Å². The standard InChI is InChI=1S/C15H11BrN2O3S/c1-2-21-15(20)10-11(19)9-12(13(16)17-10)22-14(18-9)8-6-4-3-5-7-8/h3-7,19H,2H2,1H3. The highest BCUT2D eigenvalue weighted by Crippen LogP contribution is 2.39. The van der Waals surface area contributed by atoms with E-state index in [1.54, 1.807) is 6.92 Å². The van der Waals surface area contributed by atoms with Crippen molar-refractivity contribution < 1.29 is 14.6 Å². The number of carbonyl (C=O) groups excluding carboxylic acids is 1. The third-order valence-electron chi connectivity index (χ3n) is 2.96. The summed E-state index contributed by atoms with van der Waals surface area (Å²) in [6, 6.07) is 9.62. The molecule has 0 saturated carbocycles. The molecule has 0 saturated heterocycles. The molecule has 1 aromatic carbocycles. The van der Waals surface area contributed by atoms with Crippen molar-refractivity contribution in [2.24, 2.45) is 0 Å². The fourth-order valence-corrected chi connectivity index (χ4v) is 3.54. The second-order valence-corrected chi connectivity index (χ2v) is 6.13. The Balaban J connectivity index is 2.18. The molecule has 0 aliphatic heterocycles. The number of esters is 1. The van der Waals surface area contributed by atoms with Crippen molar-refractivity contribution in [3.05, 3.63) is 40.6 Å². The molecule has 1 N–H and O–H groups in total. The number of benzene rings is 1. The van der Waals surface area contributed by atoms with Crippen LogP contribution in [0.1, 0.15) is 17.4 Å². The predicted octanol–water partition coefficient (Wildman–Crippen LogP) is 4.00. The van der Waals surface area contributed by atoms with Gasteiger partial charge < -0.3 is 9.84 Å². The van der Waals surface area contributed by atoms with Crippen molar-refractivity contribution >= 4 is 43.5 Å². The molecule has 0 spiro atoms. The van der Waals surface area contributed by atoms with E-state index >= 15 is 0 Å². The number of rotatable bonds is 3. The minimum Gasteiger partial charge on any atom is -0.504 e. The third kappa shape index (κ3) is 2.57. The summed E-state index contributed by atoms with van der Waals surface area (Å²) in [6.45, 7) is 1.90. The molecule has 0 amide bonds. The molecule has 5 nitrogen and oxygen atoms in total. The summed E-state index contributed by atoms with van der Waals surface area (Å²) in [6.07, 6.45) is 0. The lowest BCUT2D eigenvalue weighted by atomic mass is 10.2. The Morgan fingerprint density at radius 2 is 2.05 bits per heavy atom. The monoisotopic (exact) mass is 378 g/mol. The van der Waals surface area contributed by atoms with E-state index in [4.69, 9.17) is 4.74 Å². The largest absolute Gasteiger partial charge is 0.504 e. The lowest BCUT2D eigenvalue weighted by Gasteiger charge is -2.04. The van der Waals surface area contributed by atoms with Gasteiger partial charge in [0, 0.05) is 5.56 Å². The molecule has 7 heteroatoms. The molecule has 0 unspecified atom stereocenters. The zero-order valence-electron chi connectivity index (χ0n) is 11.5. The molecule has 22 heavy (non-hydrogen) atoms. The lowest BCUT2D eigenvalue weighted by molar-refractivity contribution is 0.0516. The molecular weight excluding hydrogens is 368 g/mol. The number of fused-ring (bicyclic) bond motifs is 1. The van der Waals surface area contributed by atoms with E-state index in [1.165, 1.54) is 11.3 Å². The van der Waals surface area contributed by atoms with Crippen molar-refractivity contribution in [1.82, 2.24) is 9.97 Å². The smallest absolute Gasteiger partial charge is 0.360 e. The molecule has 0 fully saturated rings. The summed E-state index contributed by atoms with van der Waals surface area (Å²) in [5, 5.41) is 11.0. The van der Waals surface area contributed by atoms with Crippen LogP contribution in [0.25, 0.3) is 20.8 Å². The van der Waals surface area contributed by atoms with Crippen LogP contribution in [-0.4, -0.2) is 27.7 Å². The van der Waals surface area contributed by atoms with Gasteiger partial charge >= 0.3 is 5.97 Å². The number of halogens is 1. The molecular formula is C15H11BrN2O3S. The minimum atomic E-state index is -0.670. The van der Waals surface area contributed by atoms with Gasteiger partial charge in [-0.05, 0) is 22.9 Å². The van der Waals surface area contributed by atoms with Crippen LogP contribution < -0.4 is 0 Å². The summed E-state index contributed by atoms with van der Waals surface area (Å²) in [7, 11) is 0. The normalized spacial score (nSPS) is 10.8. The van der Waals surface area contributed by atoms with Crippen molar-refractivity contribution in [3.8, 4) is 16.3 Å². The number of carbonyl (C=O) groups is 1. The second kappa shape index (κ2) is 6.02. The topological polar surface area (TPSA) is 72.3 Å². The van der Waals surface area contributed by atoms with Gasteiger partial charge in [-0.1, -0.05) is 30.3 Å². The van der Waals surface area contributed by atoms with Crippen molar-refractivity contribution in [2.75, 3.05) is 6.61 Å². The number of ether oxygens (including phenoxy) is 1. The molecule has 2 heterocycles. The first kappa shape index (κ1) is 14.9.